The standard InChI is InChI=1S/C22H31FN6O.H2/c1-15-4-6-17(7-5-15)27-22-26-14-18(23)20(29-22)21-24-10-8-19(28-21)25-13-16-3-2-11-30-12-9-16;/h8,10,14-17H,2-7,9,11-13H2,1H3,(H,24,25,28)(H,26,27,29);1H. The van der Waals surface area contributed by atoms with Gasteiger partial charge < -0.3 is 15.4 Å². The predicted octanol–water partition coefficient (Wildman–Crippen LogP) is 4.54. The van der Waals surface area contributed by atoms with Crippen LogP contribution in [0.3, 0.4) is 0 Å². The van der Waals surface area contributed by atoms with Crippen LogP contribution in [0.1, 0.15) is 53.3 Å². The zero-order chi connectivity index (χ0) is 20.8. The average molecular weight is 417 g/mol. The smallest absolute Gasteiger partial charge is 0.223 e. The van der Waals surface area contributed by atoms with Crippen molar-refractivity contribution in [2.75, 3.05) is 30.4 Å². The second-order valence-corrected chi connectivity index (χ2v) is 8.55. The number of aromatic nitrogens is 4. The number of halogens is 1. The molecule has 2 aliphatic rings. The van der Waals surface area contributed by atoms with Crippen LogP contribution in [-0.2, 0) is 4.74 Å². The molecule has 2 N–H and O–H groups in total. The Morgan fingerprint density at radius 2 is 1.97 bits per heavy atom. The van der Waals surface area contributed by atoms with Crippen LogP contribution in [0.4, 0.5) is 16.2 Å². The Labute approximate surface area is 178 Å². The van der Waals surface area contributed by atoms with Crippen molar-refractivity contribution in [1.82, 2.24) is 19.9 Å². The summed E-state index contributed by atoms with van der Waals surface area (Å²) in [7, 11) is 0. The summed E-state index contributed by atoms with van der Waals surface area (Å²) in [5.41, 5.74) is 0.128. The van der Waals surface area contributed by atoms with Gasteiger partial charge in [-0.15, -0.1) is 0 Å². The van der Waals surface area contributed by atoms with Crippen LogP contribution < -0.4 is 10.6 Å². The first-order chi connectivity index (χ1) is 14.7. The molecule has 1 aliphatic heterocycles. The van der Waals surface area contributed by atoms with Crippen molar-refractivity contribution in [2.24, 2.45) is 11.8 Å². The van der Waals surface area contributed by atoms with Gasteiger partial charge in [-0.2, -0.15) is 0 Å². The largest absolute Gasteiger partial charge is 0.381 e. The molecule has 1 unspecified atom stereocenters. The molecule has 1 aliphatic carbocycles. The third-order valence-electron chi connectivity index (χ3n) is 6.10. The fourth-order valence-electron chi connectivity index (χ4n) is 4.18. The number of nitrogens with one attached hydrogen (secondary N) is 2. The Balaban J connectivity index is 0.00000272. The van der Waals surface area contributed by atoms with E-state index in [2.05, 4.69) is 37.5 Å². The highest BCUT2D eigenvalue weighted by atomic mass is 19.1. The lowest BCUT2D eigenvalue weighted by molar-refractivity contribution is 0.142. The SMILES string of the molecule is CC1CCC(Nc2ncc(F)c(-c3nccc(NCC4CCCOCC4)n3)n2)CC1.[HH]. The van der Waals surface area contributed by atoms with E-state index < -0.39 is 5.82 Å². The van der Waals surface area contributed by atoms with E-state index in [9.17, 15) is 4.39 Å². The maximum absolute atomic E-state index is 14.5. The second kappa shape index (κ2) is 10.1. The van der Waals surface area contributed by atoms with Crippen molar-refractivity contribution in [3.8, 4) is 11.5 Å². The van der Waals surface area contributed by atoms with Crippen LogP contribution in [0.15, 0.2) is 18.5 Å². The minimum Gasteiger partial charge on any atom is -0.381 e. The molecule has 2 aromatic heterocycles. The van der Waals surface area contributed by atoms with E-state index in [4.69, 9.17) is 4.74 Å². The highest BCUT2D eigenvalue weighted by molar-refractivity contribution is 5.54. The third kappa shape index (κ3) is 5.62. The molecule has 0 amide bonds. The summed E-state index contributed by atoms with van der Waals surface area (Å²) in [6, 6.07) is 2.13. The molecule has 30 heavy (non-hydrogen) atoms. The lowest BCUT2D eigenvalue weighted by atomic mass is 9.87. The van der Waals surface area contributed by atoms with Gasteiger partial charge in [0.25, 0.3) is 0 Å². The Kier molecular flexibility index (Phi) is 7.04. The molecule has 0 spiro atoms. The first-order valence-electron chi connectivity index (χ1n) is 11.1. The molecular weight excluding hydrogens is 383 g/mol. The van der Waals surface area contributed by atoms with Gasteiger partial charge >= 0.3 is 0 Å². The average Bonchev–Trinajstić information content (AvgIpc) is 3.04. The molecule has 1 saturated heterocycles. The Morgan fingerprint density at radius 3 is 2.83 bits per heavy atom. The third-order valence-corrected chi connectivity index (χ3v) is 6.10. The minimum atomic E-state index is -0.518. The van der Waals surface area contributed by atoms with Crippen LogP contribution >= 0.6 is 0 Å². The molecule has 2 fully saturated rings. The van der Waals surface area contributed by atoms with Crippen LogP contribution in [0, 0.1) is 17.7 Å². The van der Waals surface area contributed by atoms with Gasteiger partial charge in [0.2, 0.25) is 5.95 Å². The summed E-state index contributed by atoms with van der Waals surface area (Å²) in [6.45, 7) is 4.75. The Morgan fingerprint density at radius 1 is 1.10 bits per heavy atom. The molecule has 8 heteroatoms. The molecule has 1 atom stereocenters. The van der Waals surface area contributed by atoms with Crippen LogP contribution in [0.5, 0.6) is 0 Å². The molecule has 3 heterocycles. The zero-order valence-electron chi connectivity index (χ0n) is 17.6. The molecule has 4 rings (SSSR count). The van der Waals surface area contributed by atoms with Crippen molar-refractivity contribution >= 4 is 11.8 Å². The monoisotopic (exact) mass is 416 g/mol. The maximum atomic E-state index is 14.5. The van der Waals surface area contributed by atoms with Gasteiger partial charge in [0.15, 0.2) is 11.6 Å². The van der Waals surface area contributed by atoms with Crippen LogP contribution in [0.25, 0.3) is 11.5 Å². The number of nitrogens with zero attached hydrogens (tertiary/aromatic N) is 4. The minimum absolute atomic E-state index is 0. The zero-order valence-corrected chi connectivity index (χ0v) is 17.6. The summed E-state index contributed by atoms with van der Waals surface area (Å²) >= 11 is 0. The normalized spacial score (nSPS) is 24.8. The highest BCUT2D eigenvalue weighted by Crippen LogP contribution is 2.26. The summed E-state index contributed by atoms with van der Waals surface area (Å²) in [5.74, 6) is 2.18. The van der Waals surface area contributed by atoms with Crippen LogP contribution in [-0.4, -0.2) is 45.7 Å². The van der Waals surface area contributed by atoms with E-state index in [1.165, 1.54) is 19.0 Å². The number of hydrogen-bond donors (Lipinski definition) is 2. The van der Waals surface area contributed by atoms with Gasteiger partial charge in [-0.1, -0.05) is 6.92 Å². The molecule has 164 valence electrons. The van der Waals surface area contributed by atoms with Gasteiger partial charge in [-0.05, 0) is 62.8 Å². The Bertz CT molecular complexity index is 825. The quantitative estimate of drug-likeness (QED) is 0.715. The number of hydrogen-bond acceptors (Lipinski definition) is 7. The van der Waals surface area contributed by atoms with Crippen LogP contribution in [0.2, 0.25) is 0 Å². The fraction of sp³-hybridized carbons (Fsp3) is 0.636. The van der Waals surface area contributed by atoms with E-state index in [0.717, 1.165) is 57.8 Å². The molecule has 0 aromatic carbocycles. The summed E-state index contributed by atoms with van der Waals surface area (Å²) in [5, 5.41) is 6.72. The summed E-state index contributed by atoms with van der Waals surface area (Å²) < 4.78 is 20.0. The highest BCUT2D eigenvalue weighted by Gasteiger charge is 2.20. The summed E-state index contributed by atoms with van der Waals surface area (Å²) in [6.07, 6.45) is 10.7. The predicted molar refractivity (Wildman–Crippen MR) is 117 cm³/mol. The van der Waals surface area contributed by atoms with E-state index in [0.29, 0.717) is 23.7 Å². The van der Waals surface area contributed by atoms with E-state index in [-0.39, 0.29) is 12.9 Å². The van der Waals surface area contributed by atoms with Gasteiger partial charge in [0.1, 0.15) is 11.5 Å². The van der Waals surface area contributed by atoms with Gasteiger partial charge in [-0.25, -0.2) is 24.3 Å². The fourth-order valence-corrected chi connectivity index (χ4v) is 4.18. The van der Waals surface area contributed by atoms with Crippen molar-refractivity contribution < 1.29 is 10.6 Å². The van der Waals surface area contributed by atoms with E-state index in [1.54, 1.807) is 12.3 Å². The number of rotatable bonds is 6. The first-order valence-corrected chi connectivity index (χ1v) is 11.1. The molecule has 2 aromatic rings. The number of anilines is 2. The van der Waals surface area contributed by atoms with Gasteiger partial charge in [-0.3, -0.25) is 0 Å². The van der Waals surface area contributed by atoms with Gasteiger partial charge in [0, 0.05) is 33.4 Å². The maximum Gasteiger partial charge on any atom is 0.223 e. The van der Waals surface area contributed by atoms with Crippen molar-refractivity contribution in [1.29, 1.82) is 0 Å². The lowest BCUT2D eigenvalue weighted by Gasteiger charge is -2.26. The lowest BCUT2D eigenvalue weighted by Crippen LogP contribution is -2.26. The van der Waals surface area contributed by atoms with E-state index in [1.807, 2.05) is 0 Å². The second-order valence-electron chi connectivity index (χ2n) is 8.55. The van der Waals surface area contributed by atoms with Gasteiger partial charge in [0.05, 0.1) is 6.20 Å². The Hall–Kier alpha value is -2.35. The topological polar surface area (TPSA) is 84.9 Å². The first kappa shape index (κ1) is 20.9. The van der Waals surface area contributed by atoms with E-state index >= 15 is 0 Å². The summed E-state index contributed by atoms with van der Waals surface area (Å²) in [4.78, 5) is 17.3. The molecule has 0 bridgehead atoms. The van der Waals surface area contributed by atoms with Crippen molar-refractivity contribution in [2.45, 2.75) is 57.9 Å². The molecule has 0 radical (unpaired) electrons. The molecular formula is C22H33FN6O. The van der Waals surface area contributed by atoms with Crippen molar-refractivity contribution in [3.63, 3.8) is 0 Å². The van der Waals surface area contributed by atoms with Crippen molar-refractivity contribution in [3.05, 3.63) is 24.3 Å². The molecule has 1 saturated carbocycles. The number of ether oxygens (including phenoxy) is 1. The molecule has 7 nitrogen and oxygen atoms in total.